The maximum atomic E-state index is 8.78. The van der Waals surface area contributed by atoms with E-state index in [1.165, 1.54) is 11.1 Å². The molecule has 1 rings (SSSR count). The molecule has 0 unspecified atom stereocenters. The summed E-state index contributed by atoms with van der Waals surface area (Å²) in [6.07, 6.45) is 0. The summed E-state index contributed by atoms with van der Waals surface area (Å²) in [5.74, 6) is 0. The first-order valence-electron chi connectivity index (χ1n) is 3.50. The molecule has 10 heavy (non-hydrogen) atoms. The van der Waals surface area contributed by atoms with Gasteiger partial charge in [-0.05, 0) is 24.1 Å². The van der Waals surface area contributed by atoms with Crippen molar-refractivity contribution in [1.82, 2.24) is 0 Å². The fourth-order valence-electron chi connectivity index (χ4n) is 1.01. The quantitative estimate of drug-likeness (QED) is 0.614. The Morgan fingerprint density at radius 3 is 2.70 bits per heavy atom. The fraction of sp³-hybridized carbons (Fsp3) is 0.250. The van der Waals surface area contributed by atoms with E-state index < -0.39 is 9.76 Å². The second-order valence-corrected chi connectivity index (χ2v) is 3.35. The van der Waals surface area contributed by atoms with Gasteiger partial charge >= 0.3 is 0 Å². The highest BCUT2D eigenvalue weighted by molar-refractivity contribution is 6.24. The summed E-state index contributed by atoms with van der Waals surface area (Å²) >= 11 is 0. The van der Waals surface area contributed by atoms with Crippen LogP contribution in [0.2, 0.25) is 0 Å². The Morgan fingerprint density at radius 1 is 1.40 bits per heavy atom. The van der Waals surface area contributed by atoms with Crippen molar-refractivity contribution in [2.75, 3.05) is 0 Å². The summed E-state index contributed by atoms with van der Waals surface area (Å²) in [6, 6.07) is 9.12. The molecule has 0 aromatic heterocycles. The minimum atomic E-state index is -0.806. The van der Waals surface area contributed by atoms with E-state index in [0.717, 1.165) is 6.04 Å². The second kappa shape index (κ2) is 3.54. The molecule has 0 spiro atoms. The minimum Gasteiger partial charge on any atom is -0.438 e. The van der Waals surface area contributed by atoms with Gasteiger partial charge in [-0.25, -0.2) is 0 Å². The Bertz CT molecular complexity index is 210. The van der Waals surface area contributed by atoms with Crippen molar-refractivity contribution >= 4 is 9.76 Å². The molecule has 0 bridgehead atoms. The molecule has 0 saturated heterocycles. The molecule has 2 heteroatoms. The number of hydrogen-bond acceptors (Lipinski definition) is 1. The van der Waals surface area contributed by atoms with Crippen LogP contribution in [0.25, 0.3) is 0 Å². The van der Waals surface area contributed by atoms with Crippen molar-refractivity contribution in [3.63, 3.8) is 0 Å². The third kappa shape index (κ3) is 1.69. The van der Waals surface area contributed by atoms with Crippen LogP contribution in [0.3, 0.4) is 0 Å². The largest absolute Gasteiger partial charge is 0.438 e. The Balaban J connectivity index is 2.81. The third-order valence-corrected chi connectivity index (χ3v) is 2.40. The van der Waals surface area contributed by atoms with Crippen LogP contribution in [0.4, 0.5) is 0 Å². The van der Waals surface area contributed by atoms with Crippen molar-refractivity contribution in [3.05, 3.63) is 35.4 Å². The van der Waals surface area contributed by atoms with Crippen LogP contribution < -0.4 is 0 Å². The van der Waals surface area contributed by atoms with Crippen LogP contribution in [-0.4, -0.2) is 14.6 Å². The molecule has 0 aliphatic carbocycles. The van der Waals surface area contributed by atoms with Gasteiger partial charge in [0.2, 0.25) is 0 Å². The van der Waals surface area contributed by atoms with Crippen molar-refractivity contribution in [2.24, 2.45) is 0 Å². The van der Waals surface area contributed by atoms with Gasteiger partial charge in [0.1, 0.15) is 0 Å². The summed E-state index contributed by atoms with van der Waals surface area (Å²) in [5.41, 5.74) is 2.60. The Kier molecular flexibility index (Phi) is 2.65. The molecule has 54 valence electrons. The lowest BCUT2D eigenvalue weighted by Crippen LogP contribution is -1.96. The van der Waals surface area contributed by atoms with Crippen molar-refractivity contribution < 1.29 is 4.80 Å². The monoisotopic (exact) mass is 152 g/mol. The maximum Gasteiger partial charge on any atom is 0.161 e. The molecule has 0 atom stereocenters. The van der Waals surface area contributed by atoms with E-state index in [2.05, 4.69) is 19.1 Å². The number of rotatable bonds is 2. The molecule has 1 aromatic rings. The first-order valence-corrected chi connectivity index (χ1v) is 5.13. The fourth-order valence-corrected chi connectivity index (χ4v) is 1.81. The highest BCUT2D eigenvalue weighted by Gasteiger charge is 1.93. The SMILES string of the molecule is Cc1ccccc1C[SiH2]O. The van der Waals surface area contributed by atoms with Crippen LogP contribution in [0.5, 0.6) is 0 Å². The van der Waals surface area contributed by atoms with Crippen molar-refractivity contribution in [3.8, 4) is 0 Å². The van der Waals surface area contributed by atoms with Crippen LogP contribution in [-0.2, 0) is 6.04 Å². The zero-order valence-corrected chi connectivity index (χ0v) is 7.59. The van der Waals surface area contributed by atoms with Gasteiger partial charge in [0.15, 0.2) is 9.76 Å². The van der Waals surface area contributed by atoms with Gasteiger partial charge in [-0.15, -0.1) is 0 Å². The number of aryl methyl sites for hydroxylation is 1. The van der Waals surface area contributed by atoms with Crippen LogP contribution in [0, 0.1) is 6.92 Å². The smallest absolute Gasteiger partial charge is 0.161 e. The summed E-state index contributed by atoms with van der Waals surface area (Å²) in [5, 5.41) is 0. The second-order valence-electron chi connectivity index (χ2n) is 2.40. The molecule has 0 radical (unpaired) electrons. The summed E-state index contributed by atoms with van der Waals surface area (Å²) in [6.45, 7) is 2.08. The van der Waals surface area contributed by atoms with E-state index in [1.54, 1.807) is 0 Å². The Hall–Kier alpha value is -0.603. The number of benzene rings is 1. The molecule has 0 fully saturated rings. The standard InChI is InChI=1S/C8H12OSi/c1-7-4-2-3-5-8(7)6-10-9/h2-5,9H,6,10H2,1H3. The van der Waals surface area contributed by atoms with Gasteiger partial charge in [-0.2, -0.15) is 0 Å². The molecule has 1 nitrogen and oxygen atoms in total. The maximum absolute atomic E-state index is 8.78. The summed E-state index contributed by atoms with van der Waals surface area (Å²) in [4.78, 5) is 8.78. The van der Waals surface area contributed by atoms with E-state index in [4.69, 9.17) is 4.80 Å². The predicted molar refractivity (Wildman–Crippen MR) is 45.6 cm³/mol. The highest BCUT2D eigenvalue weighted by atomic mass is 28.2. The minimum absolute atomic E-state index is 0.806. The van der Waals surface area contributed by atoms with E-state index >= 15 is 0 Å². The molecular formula is C8H12OSi. The lowest BCUT2D eigenvalue weighted by Gasteiger charge is -2.00. The normalized spacial score (nSPS) is 11.0. The Morgan fingerprint density at radius 2 is 2.10 bits per heavy atom. The molecular weight excluding hydrogens is 140 g/mol. The number of hydrogen-bond donors (Lipinski definition) is 1. The average molecular weight is 152 g/mol. The van der Waals surface area contributed by atoms with Gasteiger partial charge in [-0.1, -0.05) is 24.3 Å². The molecule has 1 N–H and O–H groups in total. The highest BCUT2D eigenvalue weighted by Crippen LogP contribution is 2.05. The summed E-state index contributed by atoms with van der Waals surface area (Å²) in [7, 11) is -0.806. The molecule has 0 saturated carbocycles. The molecule has 1 aromatic carbocycles. The zero-order valence-electron chi connectivity index (χ0n) is 6.17. The predicted octanol–water partition coefficient (Wildman–Crippen LogP) is 0.571. The van der Waals surface area contributed by atoms with Gasteiger partial charge < -0.3 is 4.80 Å². The van der Waals surface area contributed by atoms with Gasteiger partial charge in [-0.3, -0.25) is 0 Å². The van der Waals surface area contributed by atoms with Gasteiger partial charge in [0.25, 0.3) is 0 Å². The van der Waals surface area contributed by atoms with E-state index in [9.17, 15) is 0 Å². The van der Waals surface area contributed by atoms with Gasteiger partial charge in [0, 0.05) is 0 Å². The van der Waals surface area contributed by atoms with Crippen molar-refractivity contribution in [1.29, 1.82) is 0 Å². The Labute approximate surface area is 63.7 Å². The van der Waals surface area contributed by atoms with Crippen LogP contribution >= 0.6 is 0 Å². The summed E-state index contributed by atoms with van der Waals surface area (Å²) < 4.78 is 0. The molecule has 0 aliphatic heterocycles. The van der Waals surface area contributed by atoms with Gasteiger partial charge in [0.05, 0.1) is 0 Å². The van der Waals surface area contributed by atoms with Crippen LogP contribution in [0.15, 0.2) is 24.3 Å². The van der Waals surface area contributed by atoms with Crippen LogP contribution in [0.1, 0.15) is 11.1 Å². The van der Waals surface area contributed by atoms with E-state index in [1.807, 2.05) is 12.1 Å². The van der Waals surface area contributed by atoms with Crippen molar-refractivity contribution in [2.45, 2.75) is 13.0 Å². The third-order valence-electron chi connectivity index (χ3n) is 1.64. The average Bonchev–Trinajstić information content (AvgIpc) is 1.94. The molecule has 0 heterocycles. The topological polar surface area (TPSA) is 20.2 Å². The molecule has 0 aliphatic rings. The first-order chi connectivity index (χ1) is 4.84. The lowest BCUT2D eigenvalue weighted by molar-refractivity contribution is 0.600. The lowest BCUT2D eigenvalue weighted by atomic mass is 10.1. The molecule has 0 amide bonds. The van der Waals surface area contributed by atoms with E-state index in [0.29, 0.717) is 0 Å². The van der Waals surface area contributed by atoms with E-state index in [-0.39, 0.29) is 0 Å². The first kappa shape index (κ1) is 7.50. The zero-order chi connectivity index (χ0) is 7.40.